The Kier molecular flexibility index (Phi) is 3.66. The van der Waals surface area contributed by atoms with Crippen LogP contribution in [0.3, 0.4) is 0 Å². The second-order valence-corrected chi connectivity index (χ2v) is 5.01. The van der Waals surface area contributed by atoms with Gasteiger partial charge in [0, 0.05) is 19.7 Å². The summed E-state index contributed by atoms with van der Waals surface area (Å²) in [6.45, 7) is 5.72. The van der Waals surface area contributed by atoms with Gasteiger partial charge in [-0.25, -0.2) is 0 Å². The molecule has 1 N–H and O–H groups in total. The zero-order valence-electron chi connectivity index (χ0n) is 10.4. The predicted octanol–water partition coefficient (Wildman–Crippen LogP) is 0.148. The Balaban J connectivity index is 2.10. The largest absolute Gasteiger partial charge is 0.368 e. The molecule has 0 aromatic heterocycles. The second-order valence-electron chi connectivity index (χ2n) is 5.01. The van der Waals surface area contributed by atoms with E-state index in [9.17, 15) is 9.59 Å². The molecular weight excluding hydrogens is 220 g/mol. The highest BCUT2D eigenvalue weighted by molar-refractivity contribution is 5.90. The monoisotopic (exact) mass is 240 g/mol. The zero-order chi connectivity index (χ0) is 12.4. The van der Waals surface area contributed by atoms with Gasteiger partial charge >= 0.3 is 0 Å². The van der Waals surface area contributed by atoms with Crippen LogP contribution in [0, 0.1) is 5.92 Å². The van der Waals surface area contributed by atoms with E-state index in [4.69, 9.17) is 4.74 Å². The van der Waals surface area contributed by atoms with Crippen molar-refractivity contribution < 1.29 is 14.3 Å². The van der Waals surface area contributed by atoms with E-state index >= 15 is 0 Å². The molecule has 0 aromatic rings. The molecule has 0 unspecified atom stereocenters. The number of piperazine rings is 1. The normalized spacial score (nSPS) is 29.6. The van der Waals surface area contributed by atoms with Crippen LogP contribution in [0.1, 0.15) is 26.7 Å². The fraction of sp³-hybridized carbons (Fsp3) is 0.833. The number of rotatable bonds is 2. The number of carbonyl (C=O) groups excluding carboxylic acids is 2. The van der Waals surface area contributed by atoms with Crippen LogP contribution < -0.4 is 5.32 Å². The molecule has 2 fully saturated rings. The maximum absolute atomic E-state index is 12.3. The first kappa shape index (κ1) is 12.4. The smallest absolute Gasteiger partial charge is 0.252 e. The maximum atomic E-state index is 12.3. The number of carbonyl (C=O) groups is 2. The molecule has 2 aliphatic heterocycles. The molecule has 2 aliphatic rings. The molecule has 5 nitrogen and oxygen atoms in total. The molecule has 0 saturated carbocycles. The van der Waals surface area contributed by atoms with Crippen molar-refractivity contribution in [2.75, 3.05) is 19.7 Å². The molecule has 96 valence electrons. The van der Waals surface area contributed by atoms with E-state index in [1.807, 2.05) is 13.8 Å². The Morgan fingerprint density at radius 1 is 1.53 bits per heavy atom. The van der Waals surface area contributed by atoms with Gasteiger partial charge in [0.15, 0.2) is 0 Å². The number of nitrogens with zero attached hydrogens (tertiary/aromatic N) is 1. The lowest BCUT2D eigenvalue weighted by atomic mass is 9.98. The van der Waals surface area contributed by atoms with E-state index < -0.39 is 0 Å². The van der Waals surface area contributed by atoms with E-state index in [1.165, 1.54) is 0 Å². The van der Waals surface area contributed by atoms with Crippen molar-refractivity contribution in [2.45, 2.75) is 38.8 Å². The average Bonchev–Trinajstić information content (AvgIpc) is 2.80. The molecular formula is C12H20N2O3. The summed E-state index contributed by atoms with van der Waals surface area (Å²) in [6, 6.07) is -0.347. The minimum absolute atomic E-state index is 0.0175. The molecule has 2 saturated heterocycles. The first-order valence-corrected chi connectivity index (χ1v) is 6.31. The van der Waals surface area contributed by atoms with Crippen LogP contribution in [0.4, 0.5) is 0 Å². The quantitative estimate of drug-likeness (QED) is 0.747. The molecule has 2 rings (SSSR count). The van der Waals surface area contributed by atoms with Crippen molar-refractivity contribution in [3.8, 4) is 0 Å². The van der Waals surface area contributed by atoms with E-state index in [0.717, 1.165) is 12.8 Å². The summed E-state index contributed by atoms with van der Waals surface area (Å²) in [5, 5.41) is 2.82. The van der Waals surface area contributed by atoms with Gasteiger partial charge in [-0.15, -0.1) is 0 Å². The predicted molar refractivity (Wildman–Crippen MR) is 62.3 cm³/mol. The third kappa shape index (κ3) is 2.44. The van der Waals surface area contributed by atoms with Gasteiger partial charge in [-0.1, -0.05) is 13.8 Å². The number of nitrogens with one attached hydrogen (secondary N) is 1. The standard InChI is InChI=1S/C12H20N2O3/c1-8(2)10-11(15)13-5-6-14(10)12(16)9-4-3-7-17-9/h8-10H,3-7H2,1-2H3,(H,13,15)/t9-,10-/m1/s1. The maximum Gasteiger partial charge on any atom is 0.252 e. The lowest BCUT2D eigenvalue weighted by Crippen LogP contribution is -2.60. The van der Waals surface area contributed by atoms with Crippen LogP contribution in [0.2, 0.25) is 0 Å². The summed E-state index contributed by atoms with van der Waals surface area (Å²) in [5.41, 5.74) is 0. The molecule has 0 spiro atoms. The third-order valence-electron chi connectivity index (χ3n) is 3.38. The third-order valence-corrected chi connectivity index (χ3v) is 3.38. The van der Waals surface area contributed by atoms with E-state index in [1.54, 1.807) is 4.90 Å². The van der Waals surface area contributed by atoms with Gasteiger partial charge in [0.05, 0.1) is 0 Å². The van der Waals surface area contributed by atoms with Crippen LogP contribution >= 0.6 is 0 Å². The molecule has 0 radical (unpaired) electrons. The summed E-state index contributed by atoms with van der Waals surface area (Å²) in [4.78, 5) is 25.8. The Morgan fingerprint density at radius 2 is 2.29 bits per heavy atom. The molecule has 0 aromatic carbocycles. The van der Waals surface area contributed by atoms with Gasteiger partial charge in [0.1, 0.15) is 12.1 Å². The molecule has 0 bridgehead atoms. The Hall–Kier alpha value is -1.10. The number of ether oxygens (including phenoxy) is 1. The van der Waals surface area contributed by atoms with Crippen LogP contribution in [0.15, 0.2) is 0 Å². The first-order chi connectivity index (χ1) is 8.11. The summed E-state index contributed by atoms with van der Waals surface area (Å²) in [5.74, 6) is 0.0642. The molecule has 2 heterocycles. The van der Waals surface area contributed by atoms with E-state index in [-0.39, 0.29) is 29.9 Å². The Morgan fingerprint density at radius 3 is 2.88 bits per heavy atom. The van der Waals surface area contributed by atoms with Gasteiger partial charge in [-0.2, -0.15) is 0 Å². The topological polar surface area (TPSA) is 58.6 Å². The van der Waals surface area contributed by atoms with Crippen LogP contribution in [-0.4, -0.2) is 48.6 Å². The van der Waals surface area contributed by atoms with Crippen LogP contribution in [-0.2, 0) is 14.3 Å². The Labute approximate surface area is 101 Å². The summed E-state index contributed by atoms with van der Waals surface area (Å²) < 4.78 is 5.41. The van der Waals surface area contributed by atoms with Crippen molar-refractivity contribution >= 4 is 11.8 Å². The number of hydrogen-bond donors (Lipinski definition) is 1. The minimum atomic E-state index is -0.347. The summed E-state index contributed by atoms with van der Waals surface area (Å²) in [6.07, 6.45) is 1.38. The van der Waals surface area contributed by atoms with Gasteiger partial charge in [-0.05, 0) is 18.8 Å². The van der Waals surface area contributed by atoms with Crippen LogP contribution in [0.25, 0.3) is 0 Å². The summed E-state index contributed by atoms with van der Waals surface area (Å²) >= 11 is 0. The number of amides is 2. The van der Waals surface area contributed by atoms with Crippen molar-refractivity contribution in [1.29, 1.82) is 0 Å². The number of hydrogen-bond acceptors (Lipinski definition) is 3. The van der Waals surface area contributed by atoms with Gasteiger partial charge in [0.2, 0.25) is 5.91 Å². The molecule has 5 heteroatoms. The second kappa shape index (κ2) is 5.04. The van der Waals surface area contributed by atoms with Crippen molar-refractivity contribution in [2.24, 2.45) is 5.92 Å². The fourth-order valence-corrected chi connectivity index (χ4v) is 2.55. The van der Waals surface area contributed by atoms with Crippen molar-refractivity contribution in [3.05, 3.63) is 0 Å². The highest BCUT2D eigenvalue weighted by Crippen LogP contribution is 2.20. The van der Waals surface area contributed by atoms with Gasteiger partial charge in [0.25, 0.3) is 5.91 Å². The van der Waals surface area contributed by atoms with Crippen molar-refractivity contribution in [3.63, 3.8) is 0 Å². The Bertz CT molecular complexity index is 311. The first-order valence-electron chi connectivity index (χ1n) is 6.31. The van der Waals surface area contributed by atoms with Crippen molar-refractivity contribution in [1.82, 2.24) is 10.2 Å². The van der Waals surface area contributed by atoms with E-state index in [0.29, 0.717) is 19.7 Å². The van der Waals surface area contributed by atoms with Gasteiger partial charge in [-0.3, -0.25) is 9.59 Å². The summed E-state index contributed by atoms with van der Waals surface area (Å²) in [7, 11) is 0. The SMILES string of the molecule is CC(C)[C@@H]1C(=O)NCCN1C(=O)[C@H]1CCCO1. The molecule has 2 atom stereocenters. The average molecular weight is 240 g/mol. The molecule has 17 heavy (non-hydrogen) atoms. The van der Waals surface area contributed by atoms with Crippen LogP contribution in [0.5, 0.6) is 0 Å². The lowest BCUT2D eigenvalue weighted by Gasteiger charge is -2.38. The highest BCUT2D eigenvalue weighted by Gasteiger charge is 2.38. The zero-order valence-corrected chi connectivity index (χ0v) is 10.4. The minimum Gasteiger partial charge on any atom is -0.368 e. The molecule has 0 aliphatic carbocycles. The lowest BCUT2D eigenvalue weighted by molar-refractivity contribution is -0.151. The van der Waals surface area contributed by atoms with E-state index in [2.05, 4.69) is 5.32 Å². The highest BCUT2D eigenvalue weighted by atomic mass is 16.5. The fourth-order valence-electron chi connectivity index (χ4n) is 2.55. The van der Waals surface area contributed by atoms with Gasteiger partial charge < -0.3 is 15.0 Å². The molecule has 2 amide bonds.